The van der Waals surface area contributed by atoms with Crippen LogP contribution in [0.4, 0.5) is 18.9 Å². The Bertz CT molecular complexity index is 597. The number of hydrogen-bond donors (Lipinski definition) is 1. The average molecular weight is 315 g/mol. The van der Waals surface area contributed by atoms with Crippen LogP contribution in [0, 0.1) is 0 Å². The number of halogens is 3. The fraction of sp³-hybridized carbons (Fsp3) is 0.214. The molecule has 0 unspecified atom stereocenters. The molecule has 2 rings (SSSR count). The highest BCUT2D eigenvalue weighted by Gasteiger charge is 2.31. The lowest BCUT2D eigenvalue weighted by Gasteiger charge is -2.10. The van der Waals surface area contributed by atoms with Crippen LogP contribution < -0.4 is 10.1 Å². The molecular formula is C14H12F3NO2S. The summed E-state index contributed by atoms with van der Waals surface area (Å²) in [7, 11) is 0. The molecule has 0 spiro atoms. The molecule has 0 saturated heterocycles. The fourth-order valence-electron chi connectivity index (χ4n) is 1.69. The summed E-state index contributed by atoms with van der Waals surface area (Å²) >= 11 is 1.55. The molecule has 0 saturated carbocycles. The lowest BCUT2D eigenvalue weighted by Crippen LogP contribution is -2.17. The Morgan fingerprint density at radius 3 is 2.76 bits per heavy atom. The molecular weight excluding hydrogens is 303 g/mol. The number of ether oxygens (including phenoxy) is 1. The Hall–Kier alpha value is -2.02. The molecule has 1 heterocycles. The topological polar surface area (TPSA) is 38.3 Å². The van der Waals surface area contributed by atoms with Crippen LogP contribution in [0.5, 0.6) is 5.75 Å². The van der Waals surface area contributed by atoms with Crippen LogP contribution in [0.2, 0.25) is 0 Å². The number of carbonyl (C=O) groups excluding carboxylic acids is 1. The van der Waals surface area contributed by atoms with Crippen molar-refractivity contribution in [3.05, 3.63) is 46.7 Å². The van der Waals surface area contributed by atoms with E-state index in [1.54, 1.807) is 11.3 Å². The number of amides is 1. The summed E-state index contributed by atoms with van der Waals surface area (Å²) in [6.07, 6.45) is -3.89. The van der Waals surface area contributed by atoms with E-state index >= 15 is 0 Å². The number of rotatable bonds is 5. The third-order valence-electron chi connectivity index (χ3n) is 2.57. The lowest BCUT2D eigenvalue weighted by atomic mass is 10.2. The van der Waals surface area contributed by atoms with Gasteiger partial charge in [0.15, 0.2) is 0 Å². The first-order chi connectivity index (χ1) is 9.92. The van der Waals surface area contributed by atoms with Gasteiger partial charge in [-0.3, -0.25) is 4.79 Å². The summed E-state index contributed by atoms with van der Waals surface area (Å²) in [5.41, 5.74) is 1.33. The number of benzene rings is 1. The van der Waals surface area contributed by atoms with Crippen molar-refractivity contribution in [2.45, 2.75) is 19.2 Å². The maximum absolute atomic E-state index is 12.1. The van der Waals surface area contributed by atoms with Gasteiger partial charge in [-0.25, -0.2) is 0 Å². The third-order valence-corrected chi connectivity index (χ3v) is 3.30. The number of carbonyl (C=O) groups is 1. The molecule has 1 amide bonds. The minimum atomic E-state index is -4.75. The van der Waals surface area contributed by atoms with Crippen LogP contribution in [-0.4, -0.2) is 12.3 Å². The molecule has 0 aliphatic rings. The third kappa shape index (κ3) is 5.47. The second-order valence-corrected chi connectivity index (χ2v) is 5.04. The first-order valence-corrected chi connectivity index (χ1v) is 7.03. The molecule has 0 bridgehead atoms. The number of aryl methyl sites for hydroxylation is 1. The standard InChI is InChI=1S/C14H12F3NO2S/c15-14(16,17)20-12-3-1-2-11(8-12)18-13(19)5-4-10-6-7-21-9-10/h1-3,6-9H,4-5H2,(H,18,19). The zero-order valence-electron chi connectivity index (χ0n) is 10.8. The van der Waals surface area contributed by atoms with Crippen LogP contribution in [0.15, 0.2) is 41.1 Å². The number of nitrogens with one attached hydrogen (secondary N) is 1. The van der Waals surface area contributed by atoms with Crippen molar-refractivity contribution >= 4 is 22.9 Å². The molecule has 0 aliphatic carbocycles. The Morgan fingerprint density at radius 2 is 2.10 bits per heavy atom. The van der Waals surface area contributed by atoms with Crippen molar-refractivity contribution in [3.8, 4) is 5.75 Å². The van der Waals surface area contributed by atoms with E-state index in [0.717, 1.165) is 11.6 Å². The number of thiophene rings is 1. The van der Waals surface area contributed by atoms with Gasteiger partial charge < -0.3 is 10.1 Å². The maximum atomic E-state index is 12.1. The molecule has 0 atom stereocenters. The van der Waals surface area contributed by atoms with Gasteiger partial charge in [0.05, 0.1) is 0 Å². The van der Waals surface area contributed by atoms with Gasteiger partial charge in [0.1, 0.15) is 5.75 Å². The van der Waals surface area contributed by atoms with Gasteiger partial charge in [-0.15, -0.1) is 13.2 Å². The normalized spacial score (nSPS) is 11.2. The van der Waals surface area contributed by atoms with Gasteiger partial charge in [-0.1, -0.05) is 6.07 Å². The minimum Gasteiger partial charge on any atom is -0.406 e. The van der Waals surface area contributed by atoms with Gasteiger partial charge in [-0.05, 0) is 40.9 Å². The van der Waals surface area contributed by atoms with Crippen molar-refractivity contribution in [2.24, 2.45) is 0 Å². The predicted octanol–water partition coefficient (Wildman–Crippen LogP) is 4.22. The summed E-state index contributed by atoms with van der Waals surface area (Å²) < 4.78 is 40.1. The second-order valence-electron chi connectivity index (χ2n) is 4.26. The van der Waals surface area contributed by atoms with E-state index < -0.39 is 6.36 Å². The fourth-order valence-corrected chi connectivity index (χ4v) is 2.39. The van der Waals surface area contributed by atoms with E-state index in [-0.39, 0.29) is 23.8 Å². The molecule has 1 aromatic carbocycles. The predicted molar refractivity (Wildman–Crippen MR) is 74.4 cm³/mol. The van der Waals surface area contributed by atoms with Gasteiger partial charge in [0.25, 0.3) is 0 Å². The number of anilines is 1. The first kappa shape index (κ1) is 15.4. The summed E-state index contributed by atoms with van der Waals surface area (Å²) in [6, 6.07) is 7.13. The Balaban J connectivity index is 1.90. The van der Waals surface area contributed by atoms with Crippen molar-refractivity contribution < 1.29 is 22.7 Å². The summed E-state index contributed by atoms with van der Waals surface area (Å²) in [6.45, 7) is 0. The zero-order valence-corrected chi connectivity index (χ0v) is 11.6. The molecule has 21 heavy (non-hydrogen) atoms. The lowest BCUT2D eigenvalue weighted by molar-refractivity contribution is -0.274. The molecule has 1 aromatic heterocycles. The molecule has 2 aromatic rings. The highest BCUT2D eigenvalue weighted by molar-refractivity contribution is 7.07. The van der Waals surface area contributed by atoms with Gasteiger partial charge in [-0.2, -0.15) is 11.3 Å². The van der Waals surface area contributed by atoms with Gasteiger partial charge >= 0.3 is 6.36 Å². The molecule has 0 radical (unpaired) electrons. The van der Waals surface area contributed by atoms with Gasteiger partial charge in [0.2, 0.25) is 5.91 Å². The molecule has 1 N–H and O–H groups in total. The monoisotopic (exact) mass is 315 g/mol. The van der Waals surface area contributed by atoms with Crippen LogP contribution in [0.3, 0.4) is 0 Å². The van der Waals surface area contributed by atoms with E-state index in [4.69, 9.17) is 0 Å². The van der Waals surface area contributed by atoms with Crippen molar-refractivity contribution in [2.75, 3.05) is 5.32 Å². The molecule has 3 nitrogen and oxygen atoms in total. The highest BCUT2D eigenvalue weighted by Crippen LogP contribution is 2.25. The summed E-state index contributed by atoms with van der Waals surface area (Å²) in [5.74, 6) is -0.622. The van der Waals surface area contributed by atoms with Crippen LogP contribution in [0.1, 0.15) is 12.0 Å². The van der Waals surface area contributed by atoms with Crippen molar-refractivity contribution in [3.63, 3.8) is 0 Å². The smallest absolute Gasteiger partial charge is 0.406 e. The Labute approximate surface area is 123 Å². The molecule has 7 heteroatoms. The van der Waals surface area contributed by atoms with E-state index in [1.807, 2.05) is 16.8 Å². The minimum absolute atomic E-state index is 0.259. The highest BCUT2D eigenvalue weighted by atomic mass is 32.1. The van der Waals surface area contributed by atoms with Gasteiger partial charge in [0, 0.05) is 18.2 Å². The molecule has 112 valence electrons. The van der Waals surface area contributed by atoms with Crippen molar-refractivity contribution in [1.29, 1.82) is 0 Å². The largest absolute Gasteiger partial charge is 0.573 e. The number of hydrogen-bond acceptors (Lipinski definition) is 3. The van der Waals surface area contributed by atoms with E-state index in [0.29, 0.717) is 6.42 Å². The number of alkyl halides is 3. The second kappa shape index (κ2) is 6.62. The maximum Gasteiger partial charge on any atom is 0.573 e. The van der Waals surface area contributed by atoms with E-state index in [1.165, 1.54) is 18.2 Å². The Morgan fingerprint density at radius 1 is 1.29 bits per heavy atom. The van der Waals surface area contributed by atoms with Crippen LogP contribution in [-0.2, 0) is 11.2 Å². The SMILES string of the molecule is O=C(CCc1ccsc1)Nc1cccc(OC(F)(F)F)c1. The van der Waals surface area contributed by atoms with Crippen LogP contribution in [0.25, 0.3) is 0 Å². The molecule has 0 aliphatic heterocycles. The van der Waals surface area contributed by atoms with E-state index in [9.17, 15) is 18.0 Å². The first-order valence-electron chi connectivity index (χ1n) is 6.09. The van der Waals surface area contributed by atoms with Crippen LogP contribution >= 0.6 is 11.3 Å². The summed E-state index contributed by atoms with van der Waals surface area (Å²) in [5, 5.41) is 6.42. The molecule has 0 fully saturated rings. The van der Waals surface area contributed by atoms with Crippen molar-refractivity contribution in [1.82, 2.24) is 0 Å². The zero-order chi connectivity index (χ0) is 15.3. The quantitative estimate of drug-likeness (QED) is 0.897. The average Bonchev–Trinajstić information content (AvgIpc) is 2.87. The Kier molecular flexibility index (Phi) is 4.85. The van der Waals surface area contributed by atoms with E-state index in [2.05, 4.69) is 10.1 Å². The summed E-state index contributed by atoms with van der Waals surface area (Å²) in [4.78, 5) is 11.7.